The molecule has 0 spiro atoms. The Morgan fingerprint density at radius 3 is 2.76 bits per heavy atom. The Kier molecular flexibility index (Phi) is 3.65. The Balaban J connectivity index is 2.39. The minimum atomic E-state index is -3.17. The molecule has 1 aromatic carbocycles. The molecule has 4 nitrogen and oxygen atoms in total. The fourth-order valence-corrected chi connectivity index (χ4v) is 4.73. The van der Waals surface area contributed by atoms with E-state index in [1.807, 2.05) is 24.3 Å². The molecule has 1 aliphatic heterocycles. The van der Waals surface area contributed by atoms with Crippen LogP contribution in [0.15, 0.2) is 24.3 Å². The minimum Gasteiger partial charge on any atom is -0.496 e. The van der Waals surface area contributed by atoms with Crippen LogP contribution in [0.3, 0.4) is 0 Å². The SMILES string of the molecule is COc1ccccc1[C@H]1SCCN1S(C)(=O)=O. The molecule has 1 saturated heterocycles. The van der Waals surface area contributed by atoms with Gasteiger partial charge >= 0.3 is 0 Å². The minimum absolute atomic E-state index is 0.166. The fourth-order valence-electron chi connectivity index (χ4n) is 1.91. The summed E-state index contributed by atoms with van der Waals surface area (Å²) in [5, 5.41) is -0.166. The van der Waals surface area contributed by atoms with E-state index in [1.54, 1.807) is 18.9 Å². The number of thioether (sulfide) groups is 1. The van der Waals surface area contributed by atoms with E-state index in [0.717, 1.165) is 17.1 Å². The topological polar surface area (TPSA) is 46.6 Å². The third-order valence-electron chi connectivity index (χ3n) is 2.68. The second-order valence-corrected chi connectivity index (χ2v) is 6.96. The number of methoxy groups -OCH3 is 1. The van der Waals surface area contributed by atoms with Gasteiger partial charge in [0.2, 0.25) is 10.0 Å². The smallest absolute Gasteiger partial charge is 0.212 e. The molecule has 0 unspecified atom stereocenters. The Morgan fingerprint density at radius 1 is 1.41 bits per heavy atom. The fraction of sp³-hybridized carbons (Fsp3) is 0.455. The van der Waals surface area contributed by atoms with Crippen LogP contribution in [0.2, 0.25) is 0 Å². The quantitative estimate of drug-likeness (QED) is 0.841. The maximum atomic E-state index is 11.7. The number of sulfonamides is 1. The molecular weight excluding hydrogens is 258 g/mol. The molecule has 17 heavy (non-hydrogen) atoms. The molecule has 0 saturated carbocycles. The summed E-state index contributed by atoms with van der Waals surface area (Å²) in [4.78, 5) is 0. The van der Waals surface area contributed by atoms with Crippen LogP contribution < -0.4 is 4.74 Å². The van der Waals surface area contributed by atoms with Gasteiger partial charge in [-0.2, -0.15) is 4.31 Å². The molecule has 1 aromatic rings. The molecule has 0 bridgehead atoms. The lowest BCUT2D eigenvalue weighted by molar-refractivity contribution is 0.391. The van der Waals surface area contributed by atoms with Gasteiger partial charge in [-0.1, -0.05) is 18.2 Å². The van der Waals surface area contributed by atoms with Gasteiger partial charge in [0.1, 0.15) is 5.75 Å². The first-order valence-electron chi connectivity index (χ1n) is 5.25. The van der Waals surface area contributed by atoms with Gasteiger partial charge in [-0.3, -0.25) is 0 Å². The number of para-hydroxylation sites is 1. The van der Waals surface area contributed by atoms with Crippen LogP contribution in [-0.4, -0.2) is 38.4 Å². The summed E-state index contributed by atoms with van der Waals surface area (Å²) in [5.74, 6) is 1.55. The average Bonchev–Trinajstić information content (AvgIpc) is 2.77. The van der Waals surface area contributed by atoms with Crippen LogP contribution in [0, 0.1) is 0 Å². The standard InChI is InChI=1S/C11H15NO3S2/c1-15-10-6-4-3-5-9(10)11-12(7-8-16-11)17(2,13)14/h3-6,11H,7-8H2,1-2H3/t11-/m1/s1. The van der Waals surface area contributed by atoms with Crippen molar-refractivity contribution in [2.75, 3.05) is 25.7 Å². The number of benzene rings is 1. The Bertz CT molecular complexity index is 501. The first-order chi connectivity index (χ1) is 8.04. The summed E-state index contributed by atoms with van der Waals surface area (Å²) in [6.45, 7) is 0.562. The van der Waals surface area contributed by atoms with Crippen LogP contribution in [0.5, 0.6) is 5.75 Å². The summed E-state index contributed by atoms with van der Waals surface area (Å²) in [6, 6.07) is 7.55. The van der Waals surface area contributed by atoms with Crippen molar-refractivity contribution in [3.05, 3.63) is 29.8 Å². The molecule has 0 aromatic heterocycles. The lowest BCUT2D eigenvalue weighted by Gasteiger charge is -2.22. The summed E-state index contributed by atoms with van der Waals surface area (Å²) >= 11 is 1.63. The maximum Gasteiger partial charge on any atom is 0.212 e. The molecule has 1 fully saturated rings. The van der Waals surface area contributed by atoms with Gasteiger partial charge in [0.15, 0.2) is 0 Å². The molecular formula is C11H15NO3S2. The van der Waals surface area contributed by atoms with Crippen molar-refractivity contribution in [3.63, 3.8) is 0 Å². The van der Waals surface area contributed by atoms with Gasteiger partial charge in [0, 0.05) is 17.9 Å². The third-order valence-corrected chi connectivity index (χ3v) is 5.30. The predicted molar refractivity (Wildman–Crippen MR) is 69.7 cm³/mol. The zero-order valence-corrected chi connectivity index (χ0v) is 11.4. The zero-order valence-electron chi connectivity index (χ0n) is 9.79. The van der Waals surface area contributed by atoms with Crippen LogP contribution in [0.4, 0.5) is 0 Å². The maximum absolute atomic E-state index is 11.7. The molecule has 1 atom stereocenters. The lowest BCUT2D eigenvalue weighted by atomic mass is 10.2. The van der Waals surface area contributed by atoms with Crippen LogP contribution in [0.1, 0.15) is 10.9 Å². The number of nitrogens with zero attached hydrogens (tertiary/aromatic N) is 1. The molecule has 0 N–H and O–H groups in total. The highest BCUT2D eigenvalue weighted by molar-refractivity contribution is 8.00. The van der Waals surface area contributed by atoms with E-state index in [4.69, 9.17) is 4.74 Å². The Labute approximate surface area is 106 Å². The van der Waals surface area contributed by atoms with E-state index >= 15 is 0 Å². The molecule has 1 heterocycles. The van der Waals surface area contributed by atoms with E-state index < -0.39 is 10.0 Å². The summed E-state index contributed by atoms with van der Waals surface area (Å²) in [5.41, 5.74) is 0.919. The molecule has 0 amide bonds. The van der Waals surface area contributed by atoms with Crippen LogP contribution >= 0.6 is 11.8 Å². The molecule has 94 valence electrons. The highest BCUT2D eigenvalue weighted by Gasteiger charge is 2.34. The lowest BCUT2D eigenvalue weighted by Crippen LogP contribution is -2.29. The first kappa shape index (κ1) is 12.7. The van der Waals surface area contributed by atoms with Crippen LogP contribution in [0.25, 0.3) is 0 Å². The second-order valence-electron chi connectivity index (χ2n) is 3.84. The summed E-state index contributed by atoms with van der Waals surface area (Å²) in [6.07, 6.45) is 1.25. The highest BCUT2D eigenvalue weighted by atomic mass is 32.2. The number of hydrogen-bond acceptors (Lipinski definition) is 4. The molecule has 1 aliphatic rings. The van der Waals surface area contributed by atoms with Crippen molar-refractivity contribution in [2.45, 2.75) is 5.37 Å². The van der Waals surface area contributed by atoms with Gasteiger partial charge in [0.05, 0.1) is 18.7 Å². The highest BCUT2D eigenvalue weighted by Crippen LogP contribution is 2.42. The monoisotopic (exact) mass is 273 g/mol. The Morgan fingerprint density at radius 2 is 2.12 bits per heavy atom. The van der Waals surface area contributed by atoms with Crippen LogP contribution in [-0.2, 0) is 10.0 Å². The van der Waals surface area contributed by atoms with E-state index in [0.29, 0.717) is 6.54 Å². The van der Waals surface area contributed by atoms with E-state index in [1.165, 1.54) is 10.6 Å². The number of rotatable bonds is 3. The predicted octanol–water partition coefficient (Wildman–Crippen LogP) is 1.70. The number of ether oxygens (including phenoxy) is 1. The van der Waals surface area contributed by atoms with Crippen molar-refractivity contribution < 1.29 is 13.2 Å². The third kappa shape index (κ3) is 2.59. The van der Waals surface area contributed by atoms with E-state index in [-0.39, 0.29) is 5.37 Å². The van der Waals surface area contributed by atoms with E-state index in [9.17, 15) is 8.42 Å². The first-order valence-corrected chi connectivity index (χ1v) is 8.15. The van der Waals surface area contributed by atoms with Crippen molar-refractivity contribution >= 4 is 21.8 Å². The van der Waals surface area contributed by atoms with Crippen molar-refractivity contribution in [3.8, 4) is 5.75 Å². The Hall–Kier alpha value is -0.720. The van der Waals surface area contributed by atoms with Gasteiger partial charge in [-0.05, 0) is 6.07 Å². The van der Waals surface area contributed by atoms with Crippen molar-refractivity contribution in [2.24, 2.45) is 0 Å². The molecule has 0 radical (unpaired) electrons. The largest absolute Gasteiger partial charge is 0.496 e. The average molecular weight is 273 g/mol. The van der Waals surface area contributed by atoms with Gasteiger partial charge in [0.25, 0.3) is 0 Å². The second kappa shape index (κ2) is 4.88. The summed E-state index contributed by atoms with van der Waals surface area (Å²) in [7, 11) is -1.57. The van der Waals surface area contributed by atoms with Crippen molar-refractivity contribution in [1.82, 2.24) is 4.31 Å². The van der Waals surface area contributed by atoms with Gasteiger partial charge in [-0.15, -0.1) is 11.8 Å². The molecule has 6 heteroatoms. The summed E-state index contributed by atoms with van der Waals surface area (Å²) < 4.78 is 30.2. The zero-order chi connectivity index (χ0) is 12.5. The molecule has 2 rings (SSSR count). The molecule has 0 aliphatic carbocycles. The number of hydrogen-bond donors (Lipinski definition) is 0. The van der Waals surface area contributed by atoms with Crippen molar-refractivity contribution in [1.29, 1.82) is 0 Å². The van der Waals surface area contributed by atoms with E-state index in [2.05, 4.69) is 0 Å². The normalized spacial score (nSPS) is 21.6. The van der Waals surface area contributed by atoms with Gasteiger partial charge < -0.3 is 4.74 Å². The van der Waals surface area contributed by atoms with Gasteiger partial charge in [-0.25, -0.2) is 8.42 Å².